The highest BCUT2D eigenvalue weighted by Gasteiger charge is 2.35. The van der Waals surface area contributed by atoms with Crippen molar-refractivity contribution in [3.8, 4) is 0 Å². The van der Waals surface area contributed by atoms with Crippen molar-refractivity contribution >= 4 is 16.5 Å². The van der Waals surface area contributed by atoms with Crippen LogP contribution in [0.5, 0.6) is 0 Å². The second-order valence-corrected chi connectivity index (χ2v) is 5.47. The summed E-state index contributed by atoms with van der Waals surface area (Å²) >= 11 is 0.461. The molecule has 21 heavy (non-hydrogen) atoms. The predicted molar refractivity (Wildman–Crippen MR) is 72.1 cm³/mol. The van der Waals surface area contributed by atoms with E-state index in [0.717, 1.165) is 18.5 Å². The van der Waals surface area contributed by atoms with Crippen molar-refractivity contribution in [2.75, 3.05) is 5.32 Å². The minimum absolute atomic E-state index is 0.0998. The molecule has 0 unspecified atom stereocenters. The molecule has 5 nitrogen and oxygen atoms in total. The molecule has 1 N–H and O–H groups in total. The van der Waals surface area contributed by atoms with Crippen molar-refractivity contribution in [2.24, 2.45) is 0 Å². The van der Waals surface area contributed by atoms with Gasteiger partial charge in [-0.15, -0.1) is 10.2 Å². The third-order valence-corrected chi connectivity index (χ3v) is 3.99. The number of hydrogen-bond donors (Lipinski definition) is 1. The molecule has 2 aromatic heterocycles. The van der Waals surface area contributed by atoms with Crippen LogP contribution in [0.2, 0.25) is 0 Å². The first-order chi connectivity index (χ1) is 9.94. The molecule has 2 heterocycles. The van der Waals surface area contributed by atoms with Gasteiger partial charge < -0.3 is 9.84 Å². The van der Waals surface area contributed by atoms with Gasteiger partial charge in [0.05, 0.1) is 12.2 Å². The topological polar surface area (TPSA) is 63.8 Å². The monoisotopic (exact) mass is 320 g/mol. The average molecular weight is 320 g/mol. The van der Waals surface area contributed by atoms with E-state index in [0.29, 0.717) is 23.0 Å². The van der Waals surface area contributed by atoms with Crippen LogP contribution in [0.4, 0.5) is 18.3 Å². The Hall–Kier alpha value is -1.64. The molecule has 0 saturated heterocycles. The molecule has 2 aromatic rings. The van der Waals surface area contributed by atoms with E-state index in [2.05, 4.69) is 34.5 Å². The lowest BCUT2D eigenvalue weighted by Gasteiger charge is -2.05. The lowest BCUT2D eigenvalue weighted by Crippen LogP contribution is -2.03. The Balaban J connectivity index is 1.96. The molecular weight excluding hydrogens is 305 g/mol. The van der Waals surface area contributed by atoms with E-state index in [4.69, 9.17) is 4.52 Å². The summed E-state index contributed by atoms with van der Waals surface area (Å²) in [5, 5.41) is 12.4. The van der Waals surface area contributed by atoms with Gasteiger partial charge in [-0.2, -0.15) is 13.2 Å². The maximum absolute atomic E-state index is 12.4. The molecule has 116 valence electrons. The second-order valence-electron chi connectivity index (χ2n) is 4.50. The number of nitrogens with zero attached hydrogens (tertiary/aromatic N) is 3. The predicted octanol–water partition coefficient (Wildman–Crippen LogP) is 4.06. The van der Waals surface area contributed by atoms with Crippen molar-refractivity contribution in [2.45, 2.75) is 45.3 Å². The number of anilines is 1. The summed E-state index contributed by atoms with van der Waals surface area (Å²) in [5.41, 5.74) is 0.866. The van der Waals surface area contributed by atoms with Crippen molar-refractivity contribution < 1.29 is 17.7 Å². The maximum Gasteiger partial charge on any atom is 0.445 e. The van der Waals surface area contributed by atoms with E-state index < -0.39 is 11.2 Å². The van der Waals surface area contributed by atoms with Crippen LogP contribution < -0.4 is 5.32 Å². The van der Waals surface area contributed by atoms with Crippen molar-refractivity contribution in [1.29, 1.82) is 0 Å². The summed E-state index contributed by atoms with van der Waals surface area (Å²) in [5.74, 6) is 0.890. The Labute approximate surface area is 123 Å². The van der Waals surface area contributed by atoms with Gasteiger partial charge in [0.25, 0.3) is 0 Å². The standard InChI is InChI=1S/C12H15F3N4OS/c1-3-7(4-2)9-5-8(20-19-9)6-16-11-18-17-10(21-11)12(13,14)15/h5,7H,3-4,6H2,1-2H3,(H,16,18). The summed E-state index contributed by atoms with van der Waals surface area (Å²) in [6.45, 7) is 4.36. The van der Waals surface area contributed by atoms with Crippen LogP contribution in [0.3, 0.4) is 0 Å². The maximum atomic E-state index is 12.4. The minimum atomic E-state index is -4.47. The lowest BCUT2D eigenvalue weighted by atomic mass is 9.99. The van der Waals surface area contributed by atoms with E-state index in [1.54, 1.807) is 0 Å². The first-order valence-electron chi connectivity index (χ1n) is 6.54. The van der Waals surface area contributed by atoms with Gasteiger partial charge in [0, 0.05) is 12.0 Å². The highest BCUT2D eigenvalue weighted by Crippen LogP contribution is 2.33. The fourth-order valence-electron chi connectivity index (χ4n) is 1.88. The number of aromatic nitrogens is 3. The van der Waals surface area contributed by atoms with Crippen LogP contribution >= 0.6 is 11.3 Å². The molecule has 2 rings (SSSR count). The molecule has 0 spiro atoms. The quantitative estimate of drug-likeness (QED) is 0.869. The number of rotatable bonds is 6. The molecule has 9 heteroatoms. The van der Waals surface area contributed by atoms with Crippen LogP contribution in [0, 0.1) is 0 Å². The molecule has 0 atom stereocenters. The smallest absolute Gasteiger partial charge is 0.359 e. The normalized spacial score (nSPS) is 12.1. The highest BCUT2D eigenvalue weighted by atomic mass is 32.1. The average Bonchev–Trinajstić information content (AvgIpc) is 3.06. The molecule has 0 aliphatic heterocycles. The van der Waals surface area contributed by atoms with Crippen LogP contribution in [0.15, 0.2) is 10.6 Å². The summed E-state index contributed by atoms with van der Waals surface area (Å²) in [4.78, 5) is 0. The second kappa shape index (κ2) is 6.42. The zero-order valence-electron chi connectivity index (χ0n) is 11.6. The van der Waals surface area contributed by atoms with Crippen molar-refractivity contribution in [3.63, 3.8) is 0 Å². The highest BCUT2D eigenvalue weighted by molar-refractivity contribution is 7.15. The third kappa shape index (κ3) is 3.93. The van der Waals surface area contributed by atoms with Gasteiger partial charge in [0.1, 0.15) is 0 Å². The third-order valence-electron chi connectivity index (χ3n) is 3.06. The van der Waals surface area contributed by atoms with Gasteiger partial charge >= 0.3 is 6.18 Å². The molecule has 0 aliphatic carbocycles. The Morgan fingerprint density at radius 1 is 1.29 bits per heavy atom. The van der Waals surface area contributed by atoms with Gasteiger partial charge in [0.2, 0.25) is 10.1 Å². The van der Waals surface area contributed by atoms with Crippen molar-refractivity contribution in [1.82, 2.24) is 15.4 Å². The minimum Gasteiger partial charge on any atom is -0.359 e. The Kier molecular flexibility index (Phi) is 4.81. The van der Waals surface area contributed by atoms with E-state index >= 15 is 0 Å². The molecule has 0 bridgehead atoms. The van der Waals surface area contributed by atoms with Crippen LogP contribution in [0.25, 0.3) is 0 Å². The van der Waals surface area contributed by atoms with Gasteiger partial charge in [-0.25, -0.2) is 0 Å². The number of nitrogens with one attached hydrogen (secondary N) is 1. The number of alkyl halides is 3. The number of hydrogen-bond acceptors (Lipinski definition) is 6. The van der Waals surface area contributed by atoms with E-state index in [-0.39, 0.29) is 11.7 Å². The first-order valence-corrected chi connectivity index (χ1v) is 7.35. The largest absolute Gasteiger partial charge is 0.445 e. The fraction of sp³-hybridized carbons (Fsp3) is 0.583. The molecular formula is C12H15F3N4OS. The van der Waals surface area contributed by atoms with Gasteiger partial charge in [-0.05, 0) is 12.8 Å². The first kappa shape index (κ1) is 15.7. The van der Waals surface area contributed by atoms with Crippen LogP contribution in [-0.2, 0) is 12.7 Å². The van der Waals surface area contributed by atoms with Gasteiger partial charge in [0.15, 0.2) is 5.76 Å². The molecule has 0 amide bonds. The molecule has 0 radical (unpaired) electrons. The molecule has 0 saturated carbocycles. The van der Waals surface area contributed by atoms with E-state index in [9.17, 15) is 13.2 Å². The van der Waals surface area contributed by atoms with E-state index in [1.165, 1.54) is 0 Å². The Morgan fingerprint density at radius 2 is 2.00 bits per heavy atom. The Bertz CT molecular complexity index is 577. The van der Waals surface area contributed by atoms with Gasteiger partial charge in [-0.3, -0.25) is 0 Å². The van der Waals surface area contributed by atoms with Crippen molar-refractivity contribution in [3.05, 3.63) is 22.5 Å². The molecule has 0 fully saturated rings. The van der Waals surface area contributed by atoms with Gasteiger partial charge in [-0.1, -0.05) is 30.3 Å². The SMILES string of the molecule is CCC(CC)c1cc(CNc2nnc(C(F)(F)F)s2)on1. The molecule has 0 aliphatic rings. The summed E-state index contributed by atoms with van der Waals surface area (Å²) < 4.78 is 42.3. The number of halogens is 3. The summed E-state index contributed by atoms with van der Waals surface area (Å²) in [6.07, 6.45) is -2.55. The zero-order valence-corrected chi connectivity index (χ0v) is 12.4. The summed E-state index contributed by atoms with van der Waals surface area (Å²) in [6, 6.07) is 1.82. The van der Waals surface area contributed by atoms with Crippen LogP contribution in [-0.4, -0.2) is 15.4 Å². The summed E-state index contributed by atoms with van der Waals surface area (Å²) in [7, 11) is 0. The van der Waals surface area contributed by atoms with Crippen LogP contribution in [0.1, 0.15) is 49.1 Å². The van der Waals surface area contributed by atoms with E-state index in [1.807, 2.05) is 6.07 Å². The lowest BCUT2D eigenvalue weighted by molar-refractivity contribution is -0.138. The Morgan fingerprint density at radius 3 is 2.57 bits per heavy atom. The zero-order chi connectivity index (χ0) is 15.5. The fourth-order valence-corrected chi connectivity index (χ4v) is 2.49. The molecule has 0 aromatic carbocycles.